The maximum absolute atomic E-state index is 12.5. The quantitative estimate of drug-likeness (QED) is 0.502. The van der Waals surface area contributed by atoms with E-state index in [1.54, 1.807) is 13.8 Å². The van der Waals surface area contributed by atoms with Gasteiger partial charge in [-0.3, -0.25) is 9.59 Å². The Labute approximate surface area is 111 Å². The van der Waals surface area contributed by atoms with Crippen LogP contribution in [0.15, 0.2) is 18.2 Å². The number of carbonyl (C=O) groups excluding carboxylic acids is 2. The number of hydrogen-bond donors (Lipinski definition) is 3. The number of nitrogen functional groups attached to an aromatic ring is 1. The summed E-state index contributed by atoms with van der Waals surface area (Å²) in [6.07, 6.45) is 0. The smallest absolute Gasteiger partial charge is 0.257 e. The van der Waals surface area contributed by atoms with Gasteiger partial charge >= 0.3 is 0 Å². The lowest BCUT2D eigenvalue weighted by molar-refractivity contribution is -0.133. The summed E-state index contributed by atoms with van der Waals surface area (Å²) in [4.78, 5) is 25.8. The summed E-state index contributed by atoms with van der Waals surface area (Å²) in [5.41, 5.74) is 5.32. The largest absolute Gasteiger partial charge is 0.508 e. The SMILES string of the molecule is CC1(C)C(=O)NCCN1C(=O)c1cc(O)ccc1N. The Hall–Kier alpha value is -2.24. The normalized spacial score (nSPS) is 18.0. The monoisotopic (exact) mass is 263 g/mol. The summed E-state index contributed by atoms with van der Waals surface area (Å²) < 4.78 is 0. The van der Waals surface area contributed by atoms with E-state index in [1.807, 2.05) is 0 Å². The lowest BCUT2D eigenvalue weighted by atomic mass is 9.97. The fraction of sp³-hybridized carbons (Fsp3) is 0.385. The first kappa shape index (κ1) is 13.2. The maximum Gasteiger partial charge on any atom is 0.257 e. The van der Waals surface area contributed by atoms with Gasteiger partial charge < -0.3 is 21.1 Å². The van der Waals surface area contributed by atoms with Gasteiger partial charge in [0.25, 0.3) is 5.91 Å². The van der Waals surface area contributed by atoms with Crippen LogP contribution in [0.2, 0.25) is 0 Å². The zero-order valence-corrected chi connectivity index (χ0v) is 10.9. The first-order valence-corrected chi connectivity index (χ1v) is 6.03. The van der Waals surface area contributed by atoms with E-state index < -0.39 is 5.54 Å². The highest BCUT2D eigenvalue weighted by Gasteiger charge is 2.41. The zero-order valence-electron chi connectivity index (χ0n) is 10.9. The molecule has 2 amide bonds. The first-order chi connectivity index (χ1) is 8.84. The molecule has 0 spiro atoms. The van der Waals surface area contributed by atoms with E-state index in [0.29, 0.717) is 13.1 Å². The van der Waals surface area contributed by atoms with Crippen LogP contribution in [0.25, 0.3) is 0 Å². The number of benzene rings is 1. The summed E-state index contributed by atoms with van der Waals surface area (Å²) in [7, 11) is 0. The molecule has 6 heteroatoms. The van der Waals surface area contributed by atoms with E-state index >= 15 is 0 Å². The second kappa shape index (κ2) is 4.46. The van der Waals surface area contributed by atoms with E-state index in [1.165, 1.54) is 23.1 Å². The maximum atomic E-state index is 12.5. The fourth-order valence-electron chi connectivity index (χ4n) is 2.13. The highest BCUT2D eigenvalue weighted by atomic mass is 16.3. The highest BCUT2D eigenvalue weighted by Crippen LogP contribution is 2.25. The Morgan fingerprint density at radius 1 is 1.47 bits per heavy atom. The van der Waals surface area contributed by atoms with Crippen molar-refractivity contribution in [1.82, 2.24) is 10.2 Å². The molecule has 1 aliphatic rings. The van der Waals surface area contributed by atoms with Gasteiger partial charge in [-0.2, -0.15) is 0 Å². The van der Waals surface area contributed by atoms with Crippen molar-refractivity contribution in [2.45, 2.75) is 19.4 Å². The molecule has 0 aliphatic carbocycles. The molecule has 0 aromatic heterocycles. The standard InChI is InChI=1S/C13H17N3O3/c1-13(2)12(19)15-5-6-16(13)11(18)9-7-8(17)3-4-10(9)14/h3-4,7,17H,5-6,14H2,1-2H3,(H,15,19). The third kappa shape index (κ3) is 2.21. The van der Waals surface area contributed by atoms with E-state index in [-0.39, 0.29) is 28.8 Å². The van der Waals surface area contributed by atoms with Gasteiger partial charge in [-0.15, -0.1) is 0 Å². The van der Waals surface area contributed by atoms with Crippen LogP contribution < -0.4 is 11.1 Å². The first-order valence-electron chi connectivity index (χ1n) is 6.03. The molecular formula is C13H17N3O3. The summed E-state index contributed by atoms with van der Waals surface area (Å²) in [5.74, 6) is -0.587. The van der Waals surface area contributed by atoms with Crippen molar-refractivity contribution in [2.24, 2.45) is 0 Å². The third-order valence-electron chi connectivity index (χ3n) is 3.36. The van der Waals surface area contributed by atoms with Crippen LogP contribution in [0, 0.1) is 0 Å². The number of nitrogens with two attached hydrogens (primary N) is 1. The lowest BCUT2D eigenvalue weighted by Gasteiger charge is -2.41. The molecule has 1 heterocycles. The van der Waals surface area contributed by atoms with Crippen molar-refractivity contribution in [3.63, 3.8) is 0 Å². The molecule has 1 aromatic carbocycles. The van der Waals surface area contributed by atoms with Crippen molar-refractivity contribution in [3.05, 3.63) is 23.8 Å². The zero-order chi connectivity index (χ0) is 14.2. The van der Waals surface area contributed by atoms with Crippen molar-refractivity contribution >= 4 is 17.5 Å². The van der Waals surface area contributed by atoms with Gasteiger partial charge in [0.2, 0.25) is 5.91 Å². The molecule has 1 aliphatic heterocycles. The summed E-state index contributed by atoms with van der Waals surface area (Å²) in [6.45, 7) is 4.18. The molecule has 0 radical (unpaired) electrons. The number of nitrogens with zero attached hydrogens (tertiary/aromatic N) is 1. The molecule has 0 atom stereocenters. The lowest BCUT2D eigenvalue weighted by Crippen LogP contribution is -2.63. The number of rotatable bonds is 1. The number of hydrogen-bond acceptors (Lipinski definition) is 4. The Balaban J connectivity index is 2.38. The Morgan fingerprint density at radius 3 is 2.84 bits per heavy atom. The van der Waals surface area contributed by atoms with Crippen LogP contribution in [0.3, 0.4) is 0 Å². The summed E-state index contributed by atoms with van der Waals surface area (Å²) in [5, 5.41) is 12.2. The van der Waals surface area contributed by atoms with Gasteiger partial charge in [0.15, 0.2) is 0 Å². The molecule has 1 fully saturated rings. The van der Waals surface area contributed by atoms with Crippen molar-refractivity contribution in [3.8, 4) is 5.75 Å². The second-order valence-electron chi connectivity index (χ2n) is 5.04. The van der Waals surface area contributed by atoms with Gasteiger partial charge in [0, 0.05) is 18.8 Å². The van der Waals surface area contributed by atoms with Crippen LogP contribution in [-0.2, 0) is 4.79 Å². The Kier molecular flexibility index (Phi) is 3.09. The summed E-state index contributed by atoms with van der Waals surface area (Å²) in [6, 6.07) is 4.21. The van der Waals surface area contributed by atoms with Gasteiger partial charge in [-0.25, -0.2) is 0 Å². The number of nitrogens with one attached hydrogen (secondary N) is 1. The Bertz CT molecular complexity index is 540. The third-order valence-corrected chi connectivity index (χ3v) is 3.36. The predicted octanol–water partition coefficient (Wildman–Crippen LogP) is 0.325. The minimum absolute atomic E-state index is 0.0307. The van der Waals surface area contributed by atoms with Crippen molar-refractivity contribution in [1.29, 1.82) is 0 Å². The predicted molar refractivity (Wildman–Crippen MR) is 70.6 cm³/mol. The number of carbonyl (C=O) groups is 2. The fourth-order valence-corrected chi connectivity index (χ4v) is 2.13. The van der Waals surface area contributed by atoms with E-state index in [0.717, 1.165) is 0 Å². The van der Waals surface area contributed by atoms with Gasteiger partial charge in [0.05, 0.1) is 5.56 Å². The number of phenolic OH excluding ortho intramolecular Hbond substituents is 1. The molecule has 4 N–H and O–H groups in total. The van der Waals surface area contributed by atoms with Crippen molar-refractivity contribution < 1.29 is 14.7 Å². The minimum atomic E-state index is -0.937. The number of anilines is 1. The Morgan fingerprint density at radius 2 is 2.16 bits per heavy atom. The van der Waals surface area contributed by atoms with Crippen molar-refractivity contribution in [2.75, 3.05) is 18.8 Å². The number of aromatic hydroxyl groups is 1. The van der Waals surface area contributed by atoms with E-state index in [2.05, 4.69) is 5.32 Å². The molecule has 0 saturated carbocycles. The minimum Gasteiger partial charge on any atom is -0.508 e. The van der Waals surface area contributed by atoms with E-state index in [9.17, 15) is 14.7 Å². The molecule has 19 heavy (non-hydrogen) atoms. The van der Waals surface area contributed by atoms with Crippen LogP contribution in [0.4, 0.5) is 5.69 Å². The molecule has 0 unspecified atom stereocenters. The van der Waals surface area contributed by atoms with Crippen LogP contribution in [-0.4, -0.2) is 40.4 Å². The molecule has 0 bridgehead atoms. The van der Waals surface area contributed by atoms with Gasteiger partial charge in [-0.05, 0) is 32.0 Å². The molecule has 6 nitrogen and oxygen atoms in total. The summed E-state index contributed by atoms with van der Waals surface area (Å²) >= 11 is 0. The highest BCUT2D eigenvalue weighted by molar-refractivity contribution is 6.03. The van der Waals surface area contributed by atoms with E-state index in [4.69, 9.17) is 5.73 Å². The van der Waals surface area contributed by atoms with Gasteiger partial charge in [0.1, 0.15) is 11.3 Å². The average molecular weight is 263 g/mol. The van der Waals surface area contributed by atoms with Crippen LogP contribution in [0.1, 0.15) is 24.2 Å². The van der Waals surface area contributed by atoms with Gasteiger partial charge in [-0.1, -0.05) is 0 Å². The second-order valence-corrected chi connectivity index (χ2v) is 5.04. The topological polar surface area (TPSA) is 95.7 Å². The molecule has 102 valence electrons. The molecule has 1 saturated heterocycles. The number of amides is 2. The number of phenols is 1. The van der Waals surface area contributed by atoms with Crippen LogP contribution in [0.5, 0.6) is 5.75 Å². The molecule has 2 rings (SSSR count). The van der Waals surface area contributed by atoms with Crippen LogP contribution >= 0.6 is 0 Å². The molecule has 1 aromatic rings. The number of piperazine rings is 1. The molecular weight excluding hydrogens is 246 g/mol. The average Bonchev–Trinajstić information content (AvgIpc) is 2.35.